The number of hydrogen-bond acceptors (Lipinski definition) is 5. The Kier molecular flexibility index (Phi) is 4.27. The fourth-order valence-corrected chi connectivity index (χ4v) is 4.06. The Morgan fingerprint density at radius 2 is 1.82 bits per heavy atom. The van der Waals surface area contributed by atoms with Crippen LogP contribution in [0.4, 0.5) is 14.5 Å². The van der Waals surface area contributed by atoms with Crippen molar-refractivity contribution < 1.29 is 31.5 Å². The Balaban J connectivity index is 1.56. The molecule has 1 aliphatic carbocycles. The molecule has 28 heavy (non-hydrogen) atoms. The summed E-state index contributed by atoms with van der Waals surface area (Å²) in [6.45, 7) is 1.67. The normalized spacial score (nSPS) is 17.4. The number of alkyl halides is 2. The zero-order chi connectivity index (χ0) is 20.1. The van der Waals surface area contributed by atoms with Crippen LogP contribution < -0.4 is 19.5 Å². The van der Waals surface area contributed by atoms with Gasteiger partial charge in [0.05, 0.1) is 4.90 Å². The minimum atomic E-state index is -3.75. The van der Waals surface area contributed by atoms with Crippen molar-refractivity contribution in [3.63, 3.8) is 0 Å². The molecule has 0 spiro atoms. The van der Waals surface area contributed by atoms with Gasteiger partial charge in [-0.25, -0.2) is 13.1 Å². The molecule has 0 saturated heterocycles. The summed E-state index contributed by atoms with van der Waals surface area (Å²) in [5.41, 5.74) is 0.922. The van der Waals surface area contributed by atoms with Crippen molar-refractivity contribution in [1.29, 1.82) is 0 Å². The zero-order valence-corrected chi connectivity index (χ0v) is 15.5. The average molecular weight is 410 g/mol. The summed E-state index contributed by atoms with van der Waals surface area (Å²) in [7, 11) is -3.71. The highest BCUT2D eigenvalue weighted by atomic mass is 32.2. The zero-order valence-electron chi connectivity index (χ0n) is 14.7. The summed E-state index contributed by atoms with van der Waals surface area (Å²) in [4.78, 5) is 12.6. The number of ether oxygens (including phenoxy) is 2. The minimum absolute atomic E-state index is 0.0134. The second kappa shape index (κ2) is 6.42. The van der Waals surface area contributed by atoms with Gasteiger partial charge in [-0.2, -0.15) is 0 Å². The highest BCUT2D eigenvalue weighted by molar-refractivity contribution is 7.89. The summed E-state index contributed by atoms with van der Waals surface area (Å²) < 4.78 is 62.2. The molecular formula is C18H16F2N2O5S. The van der Waals surface area contributed by atoms with Crippen LogP contribution in [0.2, 0.25) is 0 Å². The lowest BCUT2D eigenvalue weighted by atomic mass is 10.1. The fraction of sp³-hybridized carbons (Fsp3) is 0.278. The number of sulfonamides is 1. The summed E-state index contributed by atoms with van der Waals surface area (Å²) in [5, 5.41) is 2.55. The molecule has 4 rings (SSSR count). The number of nitrogens with one attached hydrogen (secondary N) is 2. The van der Waals surface area contributed by atoms with Crippen LogP contribution in [0, 0.1) is 6.92 Å². The smallest absolute Gasteiger partial charge is 0.395 e. The van der Waals surface area contributed by atoms with Crippen LogP contribution in [0.15, 0.2) is 41.3 Å². The molecule has 7 nitrogen and oxygen atoms in total. The lowest BCUT2D eigenvalue weighted by molar-refractivity contribution is -0.286. The maximum Gasteiger partial charge on any atom is 0.586 e. The molecule has 0 bridgehead atoms. The molecule has 0 aromatic heterocycles. The lowest BCUT2D eigenvalue weighted by Crippen LogP contribution is -2.26. The maximum absolute atomic E-state index is 13.1. The van der Waals surface area contributed by atoms with Crippen LogP contribution in [-0.2, 0) is 10.0 Å². The van der Waals surface area contributed by atoms with Crippen LogP contribution >= 0.6 is 0 Å². The summed E-state index contributed by atoms with van der Waals surface area (Å²) in [6, 6.07) is 8.03. The van der Waals surface area contributed by atoms with E-state index in [1.807, 2.05) is 0 Å². The van der Waals surface area contributed by atoms with Crippen molar-refractivity contribution in [1.82, 2.24) is 4.72 Å². The molecule has 1 aliphatic heterocycles. The summed E-state index contributed by atoms with van der Waals surface area (Å²) in [5.74, 6) is -0.922. The molecule has 0 unspecified atom stereocenters. The third-order valence-electron chi connectivity index (χ3n) is 4.32. The van der Waals surface area contributed by atoms with E-state index in [1.165, 1.54) is 36.4 Å². The molecule has 148 valence electrons. The number of halogens is 2. The number of carbonyl (C=O) groups is 1. The fourth-order valence-electron chi connectivity index (χ4n) is 2.73. The Labute approximate surface area is 159 Å². The number of hydrogen-bond donors (Lipinski definition) is 2. The molecule has 0 radical (unpaired) electrons. The first kappa shape index (κ1) is 18.6. The van der Waals surface area contributed by atoms with E-state index in [4.69, 9.17) is 0 Å². The Hall–Kier alpha value is -2.72. The quantitative estimate of drug-likeness (QED) is 0.790. The standard InChI is InChI=1S/C18H16F2N2O5S/c1-10-2-6-13(28(24,25)22-11-3-4-11)9-14(10)17(23)21-12-5-7-15-16(8-12)27-18(19,20)26-15/h2,5-9,11,22H,3-4H2,1H3,(H,21,23). The van der Waals surface area contributed by atoms with Crippen molar-refractivity contribution in [2.24, 2.45) is 0 Å². The molecule has 1 heterocycles. The van der Waals surface area contributed by atoms with E-state index in [2.05, 4.69) is 19.5 Å². The average Bonchev–Trinajstić information content (AvgIpc) is 3.34. The van der Waals surface area contributed by atoms with Gasteiger partial charge in [0.25, 0.3) is 5.91 Å². The molecule has 1 fully saturated rings. The van der Waals surface area contributed by atoms with E-state index >= 15 is 0 Å². The molecule has 1 saturated carbocycles. The molecule has 2 aromatic carbocycles. The monoisotopic (exact) mass is 410 g/mol. The maximum atomic E-state index is 13.1. The van der Waals surface area contributed by atoms with Crippen molar-refractivity contribution in [3.05, 3.63) is 47.5 Å². The van der Waals surface area contributed by atoms with Gasteiger partial charge in [0.15, 0.2) is 11.5 Å². The van der Waals surface area contributed by atoms with Gasteiger partial charge in [0, 0.05) is 23.4 Å². The van der Waals surface area contributed by atoms with E-state index in [1.54, 1.807) is 6.92 Å². The summed E-state index contributed by atoms with van der Waals surface area (Å²) in [6.07, 6.45) is -2.16. The predicted octanol–water partition coefficient (Wildman–Crippen LogP) is 3.01. The lowest BCUT2D eigenvalue weighted by Gasteiger charge is -2.11. The topological polar surface area (TPSA) is 93.7 Å². The van der Waals surface area contributed by atoms with E-state index in [0.29, 0.717) is 5.56 Å². The Bertz CT molecular complexity index is 1070. The van der Waals surface area contributed by atoms with Gasteiger partial charge in [0.1, 0.15) is 0 Å². The largest absolute Gasteiger partial charge is 0.586 e. The Morgan fingerprint density at radius 3 is 2.54 bits per heavy atom. The van der Waals surface area contributed by atoms with Gasteiger partial charge in [-0.05, 0) is 49.6 Å². The van der Waals surface area contributed by atoms with E-state index in [0.717, 1.165) is 12.8 Å². The number of aryl methyl sites for hydroxylation is 1. The molecule has 2 aromatic rings. The van der Waals surface area contributed by atoms with E-state index < -0.39 is 22.2 Å². The highest BCUT2D eigenvalue weighted by Gasteiger charge is 2.43. The van der Waals surface area contributed by atoms with Gasteiger partial charge in [-0.1, -0.05) is 6.07 Å². The predicted molar refractivity (Wildman–Crippen MR) is 95.1 cm³/mol. The van der Waals surface area contributed by atoms with Gasteiger partial charge in [-0.3, -0.25) is 4.79 Å². The SMILES string of the molecule is Cc1ccc(S(=O)(=O)NC2CC2)cc1C(=O)Nc1ccc2c(c1)OC(F)(F)O2. The highest BCUT2D eigenvalue weighted by Crippen LogP contribution is 2.42. The number of amides is 1. The Morgan fingerprint density at radius 1 is 1.11 bits per heavy atom. The van der Waals surface area contributed by atoms with Crippen LogP contribution in [0.1, 0.15) is 28.8 Å². The van der Waals surface area contributed by atoms with Gasteiger partial charge in [0.2, 0.25) is 10.0 Å². The number of benzene rings is 2. The van der Waals surface area contributed by atoms with Crippen LogP contribution in [0.25, 0.3) is 0 Å². The first-order chi connectivity index (χ1) is 13.1. The molecule has 0 atom stereocenters. The van der Waals surface area contributed by atoms with Crippen LogP contribution in [-0.4, -0.2) is 26.7 Å². The van der Waals surface area contributed by atoms with Gasteiger partial charge >= 0.3 is 6.29 Å². The van der Waals surface area contributed by atoms with Crippen molar-refractivity contribution in [2.75, 3.05) is 5.32 Å². The van der Waals surface area contributed by atoms with E-state index in [9.17, 15) is 22.0 Å². The molecule has 2 aliphatic rings. The third-order valence-corrected chi connectivity index (χ3v) is 5.84. The molecule has 1 amide bonds. The number of rotatable bonds is 5. The van der Waals surface area contributed by atoms with Crippen molar-refractivity contribution >= 4 is 21.6 Å². The molecule has 10 heteroatoms. The van der Waals surface area contributed by atoms with Crippen LogP contribution in [0.3, 0.4) is 0 Å². The van der Waals surface area contributed by atoms with Gasteiger partial charge < -0.3 is 14.8 Å². The first-order valence-corrected chi connectivity index (χ1v) is 9.95. The number of carbonyl (C=O) groups excluding carboxylic acids is 1. The second-order valence-electron chi connectivity index (χ2n) is 6.66. The number of anilines is 1. The van der Waals surface area contributed by atoms with Crippen molar-refractivity contribution in [2.45, 2.75) is 37.0 Å². The second-order valence-corrected chi connectivity index (χ2v) is 8.37. The van der Waals surface area contributed by atoms with Crippen LogP contribution in [0.5, 0.6) is 11.5 Å². The molecular weight excluding hydrogens is 394 g/mol. The third kappa shape index (κ3) is 3.78. The number of fused-ring (bicyclic) bond motifs is 1. The molecule has 2 N–H and O–H groups in total. The van der Waals surface area contributed by atoms with E-state index in [-0.39, 0.29) is 33.7 Å². The first-order valence-electron chi connectivity index (χ1n) is 8.47. The minimum Gasteiger partial charge on any atom is -0.395 e. The van der Waals surface area contributed by atoms with Gasteiger partial charge in [-0.15, -0.1) is 8.78 Å². The summed E-state index contributed by atoms with van der Waals surface area (Å²) >= 11 is 0. The van der Waals surface area contributed by atoms with Crippen molar-refractivity contribution in [3.8, 4) is 11.5 Å².